The molecule has 0 radical (unpaired) electrons. The molecule has 2 aliphatic rings. The zero-order chi connectivity index (χ0) is 14.3. The molecule has 108 valence electrons. The number of carbonyl (C=O) groups is 1. The summed E-state index contributed by atoms with van der Waals surface area (Å²) in [5.41, 5.74) is 4.03. The van der Waals surface area contributed by atoms with E-state index >= 15 is 0 Å². The van der Waals surface area contributed by atoms with Gasteiger partial charge in [-0.05, 0) is 44.1 Å². The maximum atomic E-state index is 12.2. The van der Waals surface area contributed by atoms with Gasteiger partial charge in [0.15, 0.2) is 0 Å². The number of nitrogens with one attached hydrogen (secondary N) is 3. The van der Waals surface area contributed by atoms with Crippen LogP contribution in [0.5, 0.6) is 0 Å². The Morgan fingerprint density at radius 1 is 1.14 bits per heavy atom. The minimum absolute atomic E-state index is 0.0331. The average Bonchev–Trinajstić information content (AvgIpc) is 3.00. The Hall–Kier alpha value is -2.14. The highest BCUT2D eigenvalue weighted by Crippen LogP contribution is 2.38. The van der Waals surface area contributed by atoms with Crippen LogP contribution in [0.4, 0.5) is 0 Å². The first-order valence-corrected chi connectivity index (χ1v) is 7.41. The van der Waals surface area contributed by atoms with Crippen molar-refractivity contribution in [1.82, 2.24) is 20.6 Å². The number of aromatic amines is 1. The van der Waals surface area contributed by atoms with Gasteiger partial charge in [-0.1, -0.05) is 0 Å². The normalized spacial score (nSPS) is 20.1. The van der Waals surface area contributed by atoms with Crippen LogP contribution in [0, 0.1) is 0 Å². The first-order chi connectivity index (χ1) is 10.3. The van der Waals surface area contributed by atoms with Crippen LogP contribution in [0.2, 0.25) is 0 Å². The lowest BCUT2D eigenvalue weighted by molar-refractivity contribution is 0.0913. The number of piperidine rings is 1. The Balaban J connectivity index is 1.82. The van der Waals surface area contributed by atoms with Gasteiger partial charge in [0.2, 0.25) is 0 Å². The Bertz CT molecular complexity index is 671. The molecule has 4 heterocycles. The van der Waals surface area contributed by atoms with Gasteiger partial charge in [-0.25, -0.2) is 0 Å². The molecule has 5 heteroatoms. The van der Waals surface area contributed by atoms with E-state index in [4.69, 9.17) is 0 Å². The fourth-order valence-corrected chi connectivity index (χ4v) is 3.50. The molecule has 1 amide bonds. The summed E-state index contributed by atoms with van der Waals surface area (Å²) >= 11 is 0. The van der Waals surface area contributed by atoms with Gasteiger partial charge in [0.05, 0.1) is 5.56 Å². The van der Waals surface area contributed by atoms with Crippen LogP contribution in [0.15, 0.2) is 30.6 Å². The molecule has 4 rings (SSSR count). The molecule has 1 saturated heterocycles. The van der Waals surface area contributed by atoms with Crippen molar-refractivity contribution in [3.63, 3.8) is 0 Å². The van der Waals surface area contributed by atoms with E-state index in [1.807, 2.05) is 18.2 Å². The van der Waals surface area contributed by atoms with Crippen molar-refractivity contribution in [2.24, 2.45) is 0 Å². The molecule has 3 N–H and O–H groups in total. The number of aromatic nitrogens is 2. The van der Waals surface area contributed by atoms with Crippen molar-refractivity contribution in [2.75, 3.05) is 19.6 Å². The van der Waals surface area contributed by atoms with Gasteiger partial charge in [0, 0.05) is 41.3 Å². The average molecular weight is 282 g/mol. The monoisotopic (exact) mass is 282 g/mol. The second-order valence-corrected chi connectivity index (χ2v) is 5.92. The topological polar surface area (TPSA) is 69.8 Å². The highest BCUT2D eigenvalue weighted by atomic mass is 16.1. The van der Waals surface area contributed by atoms with E-state index in [2.05, 4.69) is 20.6 Å². The van der Waals surface area contributed by atoms with Crippen molar-refractivity contribution < 1.29 is 4.79 Å². The molecule has 2 aromatic rings. The van der Waals surface area contributed by atoms with Crippen LogP contribution < -0.4 is 10.6 Å². The van der Waals surface area contributed by atoms with E-state index in [1.54, 1.807) is 12.4 Å². The maximum absolute atomic E-state index is 12.2. The van der Waals surface area contributed by atoms with E-state index < -0.39 is 0 Å². The first-order valence-electron chi connectivity index (χ1n) is 7.41. The van der Waals surface area contributed by atoms with Crippen LogP contribution in [-0.4, -0.2) is 35.5 Å². The lowest BCUT2D eigenvalue weighted by Gasteiger charge is -2.40. The van der Waals surface area contributed by atoms with Crippen LogP contribution in [-0.2, 0) is 5.41 Å². The van der Waals surface area contributed by atoms with Gasteiger partial charge in [0.1, 0.15) is 0 Å². The fraction of sp³-hybridized carbons (Fsp3) is 0.375. The Labute approximate surface area is 123 Å². The minimum Gasteiger partial charge on any atom is -0.357 e. The van der Waals surface area contributed by atoms with Crippen molar-refractivity contribution in [1.29, 1.82) is 0 Å². The number of nitrogens with zero attached hydrogens (tertiary/aromatic N) is 1. The SMILES string of the molecule is O=C1NCC2(CCNCC2)c2[nH]c(-c3ccncc3)cc21. The summed E-state index contributed by atoms with van der Waals surface area (Å²) in [6, 6.07) is 5.90. The van der Waals surface area contributed by atoms with Gasteiger partial charge in [0.25, 0.3) is 5.91 Å². The number of rotatable bonds is 1. The quantitative estimate of drug-likeness (QED) is 0.741. The van der Waals surface area contributed by atoms with Gasteiger partial charge < -0.3 is 15.6 Å². The fourth-order valence-electron chi connectivity index (χ4n) is 3.50. The molecule has 0 atom stereocenters. The molecule has 0 bridgehead atoms. The minimum atomic E-state index is 0.0331. The summed E-state index contributed by atoms with van der Waals surface area (Å²) in [5, 5.41) is 6.47. The highest BCUT2D eigenvalue weighted by Gasteiger charge is 2.41. The Morgan fingerprint density at radius 2 is 1.90 bits per heavy atom. The molecule has 0 saturated carbocycles. The van der Waals surface area contributed by atoms with E-state index in [0.717, 1.165) is 55.0 Å². The summed E-state index contributed by atoms with van der Waals surface area (Å²) in [6.45, 7) is 2.73. The summed E-state index contributed by atoms with van der Waals surface area (Å²) in [4.78, 5) is 19.8. The van der Waals surface area contributed by atoms with Crippen LogP contribution in [0.1, 0.15) is 28.9 Å². The number of pyridine rings is 1. The predicted octanol–water partition coefficient (Wildman–Crippen LogP) is 1.44. The smallest absolute Gasteiger partial charge is 0.253 e. The van der Waals surface area contributed by atoms with Crippen LogP contribution in [0.3, 0.4) is 0 Å². The second-order valence-electron chi connectivity index (χ2n) is 5.92. The van der Waals surface area contributed by atoms with Crippen molar-refractivity contribution in [2.45, 2.75) is 18.3 Å². The molecule has 0 unspecified atom stereocenters. The van der Waals surface area contributed by atoms with Gasteiger partial charge >= 0.3 is 0 Å². The highest BCUT2D eigenvalue weighted by molar-refractivity contribution is 5.98. The standard InChI is InChI=1S/C16H18N4O/c21-15-12-9-13(11-1-5-17-6-2-11)20-14(12)16(10-19-15)3-7-18-8-4-16/h1-2,5-6,9,18,20H,3-4,7-8,10H2,(H,19,21). The number of hydrogen-bond acceptors (Lipinski definition) is 3. The summed E-state index contributed by atoms with van der Waals surface area (Å²) in [7, 11) is 0. The third kappa shape index (κ3) is 1.96. The van der Waals surface area contributed by atoms with E-state index in [-0.39, 0.29) is 11.3 Å². The molecular formula is C16H18N4O. The molecule has 5 nitrogen and oxygen atoms in total. The Morgan fingerprint density at radius 3 is 2.67 bits per heavy atom. The molecule has 1 fully saturated rings. The van der Waals surface area contributed by atoms with Crippen molar-refractivity contribution >= 4 is 5.91 Å². The lowest BCUT2D eigenvalue weighted by Crippen LogP contribution is -2.51. The number of hydrogen-bond donors (Lipinski definition) is 3. The number of H-pyrrole nitrogens is 1. The number of carbonyl (C=O) groups excluding carboxylic acids is 1. The summed E-state index contributed by atoms with van der Waals surface area (Å²) < 4.78 is 0. The van der Waals surface area contributed by atoms with Crippen LogP contribution >= 0.6 is 0 Å². The lowest BCUT2D eigenvalue weighted by atomic mass is 9.73. The number of fused-ring (bicyclic) bond motifs is 2. The zero-order valence-electron chi connectivity index (χ0n) is 11.8. The molecule has 0 aromatic carbocycles. The van der Waals surface area contributed by atoms with Crippen LogP contribution in [0.25, 0.3) is 11.3 Å². The van der Waals surface area contributed by atoms with Gasteiger partial charge in [-0.15, -0.1) is 0 Å². The van der Waals surface area contributed by atoms with Gasteiger partial charge in [-0.2, -0.15) is 0 Å². The molecule has 0 aliphatic carbocycles. The van der Waals surface area contributed by atoms with Gasteiger partial charge in [-0.3, -0.25) is 9.78 Å². The first kappa shape index (κ1) is 12.6. The zero-order valence-corrected chi connectivity index (χ0v) is 11.8. The maximum Gasteiger partial charge on any atom is 0.253 e. The second kappa shape index (κ2) is 4.70. The van der Waals surface area contributed by atoms with E-state index in [1.165, 1.54) is 0 Å². The molecule has 21 heavy (non-hydrogen) atoms. The third-order valence-electron chi connectivity index (χ3n) is 4.73. The van der Waals surface area contributed by atoms with Crippen molar-refractivity contribution in [3.8, 4) is 11.3 Å². The molecular weight excluding hydrogens is 264 g/mol. The predicted molar refractivity (Wildman–Crippen MR) is 80.1 cm³/mol. The summed E-state index contributed by atoms with van der Waals surface area (Å²) in [6.07, 6.45) is 5.65. The van der Waals surface area contributed by atoms with E-state index in [0.29, 0.717) is 0 Å². The molecule has 2 aromatic heterocycles. The third-order valence-corrected chi connectivity index (χ3v) is 4.73. The van der Waals surface area contributed by atoms with E-state index in [9.17, 15) is 4.79 Å². The largest absolute Gasteiger partial charge is 0.357 e. The molecule has 1 spiro atoms. The Kier molecular flexibility index (Phi) is 2.82. The molecule has 2 aliphatic heterocycles. The number of amides is 1. The van der Waals surface area contributed by atoms with Crippen molar-refractivity contribution in [3.05, 3.63) is 41.9 Å². The summed E-state index contributed by atoms with van der Waals surface area (Å²) in [5.74, 6) is 0.0331.